The van der Waals surface area contributed by atoms with Crippen LogP contribution in [0.4, 0.5) is 5.69 Å². The number of phenolic OH excluding ortho intramolecular Hbond substituents is 1. The molecule has 3 heterocycles. The summed E-state index contributed by atoms with van der Waals surface area (Å²) in [5.41, 5.74) is 1.17. The summed E-state index contributed by atoms with van der Waals surface area (Å²) in [4.78, 5) is 28.1. The molecule has 2 aliphatic rings. The number of hydrogen-bond donors (Lipinski definition) is 2. The molecule has 0 unspecified atom stereocenters. The van der Waals surface area contributed by atoms with Gasteiger partial charge in [0.2, 0.25) is 0 Å². The fraction of sp³-hybridized carbons (Fsp3) is 0.444. The average molecular weight is 329 g/mol. The highest BCUT2D eigenvalue weighted by Gasteiger charge is 2.31. The fourth-order valence-corrected chi connectivity index (χ4v) is 3.90. The third-order valence-electron chi connectivity index (χ3n) is 5.06. The molecule has 0 aliphatic carbocycles. The van der Waals surface area contributed by atoms with Crippen LogP contribution >= 0.6 is 0 Å². The molecular weight excluding hydrogens is 308 g/mol. The van der Waals surface area contributed by atoms with Crippen molar-refractivity contribution in [1.29, 1.82) is 0 Å². The molecule has 2 aromatic rings. The Morgan fingerprint density at radius 1 is 1.25 bits per heavy atom. The quantitative estimate of drug-likeness (QED) is 0.785. The molecule has 2 aliphatic heterocycles. The number of carbonyl (C=O) groups is 1. The van der Waals surface area contributed by atoms with Crippen molar-refractivity contribution in [2.75, 3.05) is 31.1 Å². The van der Waals surface area contributed by atoms with Crippen LogP contribution in [0.3, 0.4) is 0 Å². The van der Waals surface area contributed by atoms with Crippen molar-refractivity contribution >= 4 is 22.6 Å². The molecule has 6 nitrogen and oxygen atoms in total. The Hall–Kier alpha value is -2.34. The number of phenols is 1. The number of likely N-dealkylation sites (tertiary alicyclic amines) is 1. The number of benzene rings is 1. The van der Waals surface area contributed by atoms with Gasteiger partial charge in [-0.1, -0.05) is 0 Å². The molecule has 0 atom stereocenters. The zero-order chi connectivity index (χ0) is 16.7. The van der Waals surface area contributed by atoms with Crippen LogP contribution in [0.1, 0.15) is 24.8 Å². The van der Waals surface area contributed by atoms with Crippen LogP contribution in [-0.4, -0.2) is 37.2 Å². The highest BCUT2D eigenvalue weighted by atomic mass is 16.4. The number of amides is 1. The van der Waals surface area contributed by atoms with Crippen LogP contribution in [0, 0.1) is 0 Å². The number of rotatable bonds is 2. The first-order valence-electron chi connectivity index (χ1n) is 8.56. The van der Waals surface area contributed by atoms with Crippen LogP contribution in [0.2, 0.25) is 0 Å². The van der Waals surface area contributed by atoms with Crippen molar-refractivity contribution in [3.63, 3.8) is 0 Å². The van der Waals surface area contributed by atoms with Crippen LogP contribution < -0.4 is 15.4 Å². The Morgan fingerprint density at radius 2 is 2.04 bits per heavy atom. The van der Waals surface area contributed by atoms with E-state index >= 15 is 0 Å². The van der Waals surface area contributed by atoms with E-state index in [2.05, 4.69) is 0 Å². The lowest BCUT2D eigenvalue weighted by Gasteiger charge is -2.29. The normalized spacial score (nSPS) is 18.1. The second-order valence-electron chi connectivity index (χ2n) is 6.68. The summed E-state index contributed by atoms with van der Waals surface area (Å²) in [6, 6.07) is 4.71. The summed E-state index contributed by atoms with van der Waals surface area (Å²) >= 11 is 0. The number of hydrogen-bond acceptors (Lipinski definition) is 4. The maximum Gasteiger partial charge on any atom is 0.360 e. The summed E-state index contributed by atoms with van der Waals surface area (Å²) < 4.78 is 5.40. The first-order chi connectivity index (χ1) is 11.6. The minimum Gasteiger partial charge on any atom is -0.508 e. The largest absolute Gasteiger partial charge is 0.508 e. The number of fused-ring (bicyclic) bond motifs is 3. The number of carbonyl (C=O) groups excluding carboxylic acids is 1. The summed E-state index contributed by atoms with van der Waals surface area (Å²) in [7, 11) is 0. The molecule has 0 bridgehead atoms. The van der Waals surface area contributed by atoms with Crippen LogP contribution in [0.5, 0.6) is 5.75 Å². The molecule has 1 aromatic carbocycles. The van der Waals surface area contributed by atoms with Crippen molar-refractivity contribution in [3.05, 3.63) is 34.2 Å². The van der Waals surface area contributed by atoms with Gasteiger partial charge in [-0.25, -0.2) is 4.79 Å². The van der Waals surface area contributed by atoms with Crippen LogP contribution in [0.15, 0.2) is 27.4 Å². The van der Waals surface area contributed by atoms with Crippen LogP contribution in [0.25, 0.3) is 11.0 Å². The summed E-state index contributed by atoms with van der Waals surface area (Å²) in [6.45, 7) is 3.02. The predicted molar refractivity (Wildman–Crippen MR) is 89.6 cm³/mol. The van der Waals surface area contributed by atoms with E-state index in [1.807, 2.05) is 0 Å². The highest BCUT2D eigenvalue weighted by Crippen LogP contribution is 2.32. The van der Waals surface area contributed by atoms with E-state index in [0.29, 0.717) is 30.8 Å². The van der Waals surface area contributed by atoms with Crippen molar-refractivity contribution in [3.8, 4) is 5.75 Å². The van der Waals surface area contributed by atoms with Gasteiger partial charge in [0.25, 0.3) is 5.91 Å². The van der Waals surface area contributed by atoms with E-state index in [9.17, 15) is 14.7 Å². The number of anilines is 1. The Labute approximate surface area is 139 Å². The molecule has 2 N–H and O–H groups in total. The maximum atomic E-state index is 12.7. The first-order valence-corrected chi connectivity index (χ1v) is 8.56. The molecule has 0 radical (unpaired) electrons. The molecule has 0 spiro atoms. The molecule has 1 fully saturated rings. The van der Waals surface area contributed by atoms with Crippen LogP contribution in [-0.2, 0) is 11.2 Å². The average Bonchev–Trinajstić information content (AvgIpc) is 3.08. The zero-order valence-electron chi connectivity index (χ0n) is 13.5. The highest BCUT2D eigenvalue weighted by molar-refractivity contribution is 5.98. The molecule has 1 saturated heterocycles. The Bertz CT molecular complexity index is 852. The van der Waals surface area contributed by atoms with Gasteiger partial charge in [-0.15, -0.1) is 0 Å². The van der Waals surface area contributed by atoms with Gasteiger partial charge in [0.05, 0.1) is 13.1 Å². The number of aromatic hydroxyl groups is 1. The van der Waals surface area contributed by atoms with Gasteiger partial charge in [-0.3, -0.25) is 4.79 Å². The monoisotopic (exact) mass is 329 g/mol. The molecule has 4 rings (SSSR count). The molecule has 126 valence electrons. The second kappa shape index (κ2) is 5.94. The maximum absolute atomic E-state index is 12.7. The molecule has 6 heteroatoms. The lowest BCUT2D eigenvalue weighted by atomic mass is 9.98. The molecular formula is C18H21N2O4+. The third-order valence-corrected chi connectivity index (χ3v) is 5.06. The third kappa shape index (κ3) is 2.57. The number of quaternary nitrogens is 1. The number of nitrogens with one attached hydrogen (secondary N) is 1. The van der Waals surface area contributed by atoms with E-state index in [1.54, 1.807) is 17.0 Å². The fourth-order valence-electron chi connectivity index (χ4n) is 3.90. The van der Waals surface area contributed by atoms with Gasteiger partial charge in [-0.2, -0.15) is 0 Å². The lowest BCUT2D eigenvalue weighted by molar-refractivity contribution is -0.878. The standard InChI is InChI=1S/C18H20N2O4/c21-12-5-6-15-14(10-12)13-4-3-9-20(17(13)18(23)24-15)16(22)11-19-7-1-2-8-19/h5-6,10,21H,1-4,7-9,11H2/p+1. The van der Waals surface area contributed by atoms with Gasteiger partial charge in [0, 0.05) is 24.8 Å². The summed E-state index contributed by atoms with van der Waals surface area (Å²) in [5.74, 6) is 0.114. The van der Waals surface area contributed by atoms with Crippen molar-refractivity contribution in [1.82, 2.24) is 0 Å². The van der Waals surface area contributed by atoms with Gasteiger partial charge in [0.15, 0.2) is 6.54 Å². The number of aryl methyl sites for hydroxylation is 1. The summed E-state index contributed by atoms with van der Waals surface area (Å²) in [5, 5.41) is 10.5. The van der Waals surface area contributed by atoms with Crippen molar-refractivity contribution in [2.24, 2.45) is 0 Å². The lowest BCUT2D eigenvalue weighted by Crippen LogP contribution is -3.11. The Kier molecular flexibility index (Phi) is 3.76. The topological polar surface area (TPSA) is 75.2 Å². The first kappa shape index (κ1) is 15.2. The van der Waals surface area contributed by atoms with E-state index in [1.165, 1.54) is 11.0 Å². The minimum atomic E-state index is -0.465. The van der Waals surface area contributed by atoms with E-state index in [-0.39, 0.29) is 11.7 Å². The van der Waals surface area contributed by atoms with Gasteiger partial charge < -0.3 is 19.3 Å². The zero-order valence-corrected chi connectivity index (χ0v) is 13.5. The van der Waals surface area contributed by atoms with Crippen molar-refractivity contribution in [2.45, 2.75) is 25.7 Å². The summed E-state index contributed by atoms with van der Waals surface area (Å²) in [6.07, 6.45) is 3.83. The number of nitrogens with zero attached hydrogens (tertiary/aromatic N) is 1. The molecule has 1 aromatic heterocycles. The molecule has 0 saturated carbocycles. The van der Waals surface area contributed by atoms with Crippen molar-refractivity contribution < 1.29 is 19.2 Å². The second-order valence-corrected chi connectivity index (χ2v) is 6.68. The molecule has 1 amide bonds. The minimum absolute atomic E-state index is 0.0142. The smallest absolute Gasteiger partial charge is 0.360 e. The SMILES string of the molecule is O=C(C[NH+]1CCCC1)N1CCCc2c1c(=O)oc1ccc(O)cc21. The Balaban J connectivity index is 1.76. The van der Waals surface area contributed by atoms with E-state index in [0.717, 1.165) is 43.3 Å². The van der Waals surface area contributed by atoms with Gasteiger partial charge >= 0.3 is 5.63 Å². The van der Waals surface area contributed by atoms with E-state index in [4.69, 9.17) is 4.42 Å². The predicted octanol–water partition coefficient (Wildman–Crippen LogP) is 0.457. The Morgan fingerprint density at radius 3 is 2.83 bits per heavy atom. The molecule has 24 heavy (non-hydrogen) atoms. The van der Waals surface area contributed by atoms with E-state index < -0.39 is 5.63 Å². The van der Waals surface area contributed by atoms with Gasteiger partial charge in [0.1, 0.15) is 17.0 Å². The van der Waals surface area contributed by atoms with Gasteiger partial charge in [-0.05, 0) is 36.6 Å².